The van der Waals surface area contributed by atoms with Crippen LogP contribution in [-0.2, 0) is 0 Å². The van der Waals surface area contributed by atoms with Crippen LogP contribution in [0.3, 0.4) is 0 Å². The molecule has 1 aromatic carbocycles. The van der Waals surface area contributed by atoms with Crippen LogP contribution in [0.4, 0.5) is 28.8 Å². The number of nitrogens with zero attached hydrogens (tertiary/aromatic N) is 4. The summed E-state index contributed by atoms with van der Waals surface area (Å²) in [5.74, 6) is 1.25. The molecular formula is C16H14N6O3. The molecule has 3 rings (SSSR count). The molecule has 0 radical (unpaired) electrons. The van der Waals surface area contributed by atoms with Gasteiger partial charge in [-0.3, -0.25) is 10.1 Å². The number of benzene rings is 1. The van der Waals surface area contributed by atoms with Gasteiger partial charge in [0.25, 0.3) is 0 Å². The monoisotopic (exact) mass is 338 g/mol. The second-order valence-electron chi connectivity index (χ2n) is 4.87. The Kier molecular flexibility index (Phi) is 4.65. The molecule has 0 saturated carbocycles. The lowest BCUT2D eigenvalue weighted by Gasteiger charge is -2.10. The first-order valence-corrected chi connectivity index (χ1v) is 7.26. The molecule has 0 spiro atoms. The molecule has 0 aliphatic rings. The zero-order valence-corrected chi connectivity index (χ0v) is 13.2. The Hall–Kier alpha value is -3.75. The highest BCUT2D eigenvalue weighted by atomic mass is 16.6. The lowest BCUT2D eigenvalue weighted by Crippen LogP contribution is -2.06. The fourth-order valence-corrected chi connectivity index (χ4v) is 2.10. The van der Waals surface area contributed by atoms with Gasteiger partial charge in [-0.1, -0.05) is 6.07 Å². The van der Waals surface area contributed by atoms with E-state index in [0.717, 1.165) is 0 Å². The third-order valence-electron chi connectivity index (χ3n) is 3.27. The number of nitrogens with one attached hydrogen (secondary N) is 2. The molecule has 0 amide bonds. The second-order valence-corrected chi connectivity index (χ2v) is 4.87. The summed E-state index contributed by atoms with van der Waals surface area (Å²) in [5.41, 5.74) is 0.357. The zero-order valence-electron chi connectivity index (χ0n) is 13.2. The largest absolute Gasteiger partial charge is 0.497 e. The number of ether oxygens (including phenoxy) is 1. The van der Waals surface area contributed by atoms with E-state index in [1.54, 1.807) is 55.8 Å². The first kappa shape index (κ1) is 16.1. The maximum atomic E-state index is 11.5. The van der Waals surface area contributed by atoms with E-state index in [0.29, 0.717) is 17.3 Å². The van der Waals surface area contributed by atoms with Crippen molar-refractivity contribution in [2.75, 3.05) is 17.7 Å². The predicted octanol–water partition coefficient (Wildman–Crippen LogP) is 3.28. The molecule has 3 aromatic rings. The molecule has 0 aliphatic heterocycles. The van der Waals surface area contributed by atoms with Gasteiger partial charge in [0, 0.05) is 11.9 Å². The highest BCUT2D eigenvalue weighted by molar-refractivity contribution is 5.76. The molecule has 126 valence electrons. The molecular weight excluding hydrogens is 324 g/mol. The van der Waals surface area contributed by atoms with Crippen LogP contribution in [0.15, 0.2) is 55.0 Å². The van der Waals surface area contributed by atoms with E-state index in [4.69, 9.17) is 4.74 Å². The average molecular weight is 338 g/mol. The van der Waals surface area contributed by atoms with Crippen molar-refractivity contribution in [1.29, 1.82) is 0 Å². The van der Waals surface area contributed by atoms with E-state index in [-0.39, 0.29) is 17.3 Å². The SMILES string of the molecule is COc1ccc(Nc2ncnc(Nc3ccccn3)c2[N+](=O)[O-])cc1. The summed E-state index contributed by atoms with van der Waals surface area (Å²) in [6.07, 6.45) is 2.82. The minimum absolute atomic E-state index is 0.0507. The van der Waals surface area contributed by atoms with Crippen molar-refractivity contribution < 1.29 is 9.66 Å². The van der Waals surface area contributed by atoms with Gasteiger partial charge in [0.05, 0.1) is 12.0 Å². The van der Waals surface area contributed by atoms with Crippen LogP contribution >= 0.6 is 0 Å². The Morgan fingerprint density at radius 3 is 2.32 bits per heavy atom. The standard InChI is InChI=1S/C16H14N6O3/c1-25-12-7-5-11(6-8-12)20-15-14(22(23)24)16(19-10-18-15)21-13-4-2-3-9-17-13/h2-10H,1H3,(H2,17,18,19,20,21). The normalized spacial score (nSPS) is 10.1. The van der Waals surface area contributed by atoms with Crippen molar-refractivity contribution in [3.8, 4) is 5.75 Å². The lowest BCUT2D eigenvalue weighted by molar-refractivity contribution is -0.383. The third-order valence-corrected chi connectivity index (χ3v) is 3.27. The number of anilines is 4. The smallest absolute Gasteiger partial charge is 0.353 e. The Balaban J connectivity index is 1.93. The van der Waals surface area contributed by atoms with E-state index < -0.39 is 4.92 Å². The third kappa shape index (κ3) is 3.78. The zero-order chi connectivity index (χ0) is 17.6. The molecule has 0 aliphatic carbocycles. The van der Waals surface area contributed by atoms with Gasteiger partial charge >= 0.3 is 5.69 Å². The Morgan fingerprint density at radius 2 is 1.72 bits per heavy atom. The van der Waals surface area contributed by atoms with Gasteiger partial charge in [-0.25, -0.2) is 15.0 Å². The number of hydrogen-bond donors (Lipinski definition) is 2. The lowest BCUT2D eigenvalue weighted by atomic mass is 10.3. The van der Waals surface area contributed by atoms with Crippen molar-refractivity contribution >= 4 is 28.8 Å². The summed E-state index contributed by atoms with van der Waals surface area (Å²) >= 11 is 0. The Morgan fingerprint density at radius 1 is 1.00 bits per heavy atom. The fourth-order valence-electron chi connectivity index (χ4n) is 2.10. The highest BCUT2D eigenvalue weighted by Gasteiger charge is 2.23. The van der Waals surface area contributed by atoms with Crippen LogP contribution in [0, 0.1) is 10.1 Å². The van der Waals surface area contributed by atoms with Crippen molar-refractivity contribution in [2.24, 2.45) is 0 Å². The predicted molar refractivity (Wildman–Crippen MR) is 92.5 cm³/mol. The molecule has 0 bridgehead atoms. The van der Waals surface area contributed by atoms with Gasteiger partial charge in [0.2, 0.25) is 11.6 Å². The molecule has 0 saturated heterocycles. The van der Waals surface area contributed by atoms with Crippen molar-refractivity contribution in [3.05, 3.63) is 65.1 Å². The van der Waals surface area contributed by atoms with Crippen LogP contribution in [0.2, 0.25) is 0 Å². The quantitative estimate of drug-likeness (QED) is 0.520. The second kappa shape index (κ2) is 7.21. The minimum Gasteiger partial charge on any atom is -0.497 e. The first-order valence-electron chi connectivity index (χ1n) is 7.26. The number of pyridine rings is 1. The highest BCUT2D eigenvalue weighted by Crippen LogP contribution is 2.32. The molecule has 2 aromatic heterocycles. The summed E-state index contributed by atoms with van der Waals surface area (Å²) in [4.78, 5) is 23.0. The summed E-state index contributed by atoms with van der Waals surface area (Å²) in [5, 5.41) is 17.3. The Labute approximate surface area is 142 Å². The van der Waals surface area contributed by atoms with Crippen molar-refractivity contribution in [2.45, 2.75) is 0 Å². The van der Waals surface area contributed by atoms with Gasteiger partial charge in [0.1, 0.15) is 17.9 Å². The maximum Gasteiger partial charge on any atom is 0.353 e. The Bertz CT molecular complexity index is 871. The van der Waals surface area contributed by atoms with E-state index in [1.165, 1.54) is 6.33 Å². The summed E-state index contributed by atoms with van der Waals surface area (Å²) in [6, 6.07) is 12.1. The van der Waals surface area contributed by atoms with E-state index in [2.05, 4.69) is 25.6 Å². The summed E-state index contributed by atoms with van der Waals surface area (Å²) in [7, 11) is 1.56. The molecule has 2 N–H and O–H groups in total. The number of rotatable bonds is 6. The number of methoxy groups -OCH3 is 1. The van der Waals surface area contributed by atoms with Crippen LogP contribution < -0.4 is 15.4 Å². The van der Waals surface area contributed by atoms with Crippen LogP contribution in [0.25, 0.3) is 0 Å². The number of hydrogen-bond acceptors (Lipinski definition) is 8. The van der Waals surface area contributed by atoms with Crippen LogP contribution in [-0.4, -0.2) is 27.0 Å². The molecule has 0 fully saturated rings. The molecule has 0 unspecified atom stereocenters. The molecule has 2 heterocycles. The van der Waals surface area contributed by atoms with Crippen LogP contribution in [0.5, 0.6) is 5.75 Å². The van der Waals surface area contributed by atoms with Gasteiger partial charge in [-0.2, -0.15) is 0 Å². The molecule has 9 nitrogen and oxygen atoms in total. The topological polar surface area (TPSA) is 115 Å². The number of aromatic nitrogens is 3. The van der Waals surface area contributed by atoms with Gasteiger partial charge in [-0.15, -0.1) is 0 Å². The summed E-state index contributed by atoms with van der Waals surface area (Å²) in [6.45, 7) is 0. The van der Waals surface area contributed by atoms with E-state index >= 15 is 0 Å². The maximum absolute atomic E-state index is 11.5. The van der Waals surface area contributed by atoms with Crippen molar-refractivity contribution in [3.63, 3.8) is 0 Å². The fraction of sp³-hybridized carbons (Fsp3) is 0.0625. The van der Waals surface area contributed by atoms with E-state index in [1.807, 2.05) is 0 Å². The van der Waals surface area contributed by atoms with Gasteiger partial charge < -0.3 is 15.4 Å². The van der Waals surface area contributed by atoms with Gasteiger partial charge in [-0.05, 0) is 36.4 Å². The molecule has 25 heavy (non-hydrogen) atoms. The van der Waals surface area contributed by atoms with Crippen molar-refractivity contribution in [1.82, 2.24) is 15.0 Å². The average Bonchev–Trinajstić information content (AvgIpc) is 2.63. The summed E-state index contributed by atoms with van der Waals surface area (Å²) < 4.78 is 5.09. The number of nitro groups is 1. The van der Waals surface area contributed by atoms with E-state index in [9.17, 15) is 10.1 Å². The van der Waals surface area contributed by atoms with Crippen LogP contribution in [0.1, 0.15) is 0 Å². The molecule has 0 atom stereocenters. The first-order chi connectivity index (χ1) is 12.2. The van der Waals surface area contributed by atoms with Gasteiger partial charge in [0.15, 0.2) is 0 Å². The molecule has 9 heteroatoms. The minimum atomic E-state index is -0.545.